The highest BCUT2D eigenvalue weighted by Crippen LogP contribution is 2.12. The molecular formula is C19H27FN4O4. The van der Waals surface area contributed by atoms with Crippen LogP contribution in [0.5, 0.6) is 0 Å². The number of amides is 3. The van der Waals surface area contributed by atoms with Crippen LogP contribution in [-0.2, 0) is 14.3 Å². The Balaban J connectivity index is 1.68. The molecule has 0 radical (unpaired) electrons. The smallest absolute Gasteiger partial charge is 0.409 e. The maximum Gasteiger partial charge on any atom is 0.409 e. The number of likely N-dealkylation sites (tertiary alicyclic amines) is 1. The molecule has 2 N–H and O–H groups in total. The summed E-state index contributed by atoms with van der Waals surface area (Å²) in [6.07, 6.45) is 0.999. The third-order valence-electron chi connectivity index (χ3n) is 4.32. The minimum absolute atomic E-state index is 0.00519. The molecular weight excluding hydrogens is 367 g/mol. The summed E-state index contributed by atoms with van der Waals surface area (Å²) in [5, 5.41) is 5.52. The number of carbonyl (C=O) groups excluding carboxylic acids is 3. The van der Waals surface area contributed by atoms with Crippen LogP contribution in [-0.4, -0.2) is 73.6 Å². The van der Waals surface area contributed by atoms with E-state index in [1.54, 1.807) is 29.8 Å². The molecule has 154 valence electrons. The van der Waals surface area contributed by atoms with Crippen molar-refractivity contribution in [2.45, 2.75) is 25.8 Å². The third kappa shape index (κ3) is 7.15. The predicted molar refractivity (Wildman–Crippen MR) is 102 cm³/mol. The predicted octanol–water partition coefficient (Wildman–Crippen LogP) is 1.43. The zero-order chi connectivity index (χ0) is 20.5. The second kappa shape index (κ2) is 10.6. The molecule has 28 heavy (non-hydrogen) atoms. The molecule has 0 aliphatic carbocycles. The van der Waals surface area contributed by atoms with Gasteiger partial charge in [-0.15, -0.1) is 0 Å². The molecule has 1 saturated heterocycles. The SMILES string of the molecule is CCOC(=O)N1CCC(NC(=O)CN(C)CC(=O)Nc2cccc(F)c2)CC1. The van der Waals surface area contributed by atoms with Gasteiger partial charge >= 0.3 is 6.09 Å². The molecule has 1 aromatic rings. The van der Waals surface area contributed by atoms with E-state index < -0.39 is 5.82 Å². The number of benzene rings is 1. The van der Waals surface area contributed by atoms with Crippen molar-refractivity contribution in [1.29, 1.82) is 0 Å². The van der Waals surface area contributed by atoms with Crippen molar-refractivity contribution < 1.29 is 23.5 Å². The summed E-state index contributed by atoms with van der Waals surface area (Å²) in [7, 11) is 1.66. The van der Waals surface area contributed by atoms with Crippen LogP contribution >= 0.6 is 0 Å². The zero-order valence-corrected chi connectivity index (χ0v) is 16.2. The average molecular weight is 394 g/mol. The Labute approximate surface area is 164 Å². The first-order chi connectivity index (χ1) is 13.4. The molecule has 1 heterocycles. The lowest BCUT2D eigenvalue weighted by molar-refractivity contribution is -0.123. The molecule has 3 amide bonds. The van der Waals surface area contributed by atoms with Gasteiger partial charge in [-0.1, -0.05) is 6.07 Å². The zero-order valence-electron chi connectivity index (χ0n) is 16.2. The molecule has 0 atom stereocenters. The number of halogens is 1. The normalized spacial score (nSPS) is 14.6. The summed E-state index contributed by atoms with van der Waals surface area (Å²) in [4.78, 5) is 39.1. The monoisotopic (exact) mass is 394 g/mol. The fraction of sp³-hybridized carbons (Fsp3) is 0.526. The summed E-state index contributed by atoms with van der Waals surface area (Å²) in [5.74, 6) is -0.946. The quantitative estimate of drug-likeness (QED) is 0.730. The molecule has 0 saturated carbocycles. The third-order valence-corrected chi connectivity index (χ3v) is 4.32. The van der Waals surface area contributed by atoms with Crippen molar-refractivity contribution in [1.82, 2.24) is 15.1 Å². The van der Waals surface area contributed by atoms with E-state index in [-0.39, 0.29) is 37.0 Å². The second-order valence-corrected chi connectivity index (χ2v) is 6.76. The Bertz CT molecular complexity index is 692. The van der Waals surface area contributed by atoms with Crippen molar-refractivity contribution in [2.75, 3.05) is 45.2 Å². The number of hydrogen-bond acceptors (Lipinski definition) is 5. The van der Waals surface area contributed by atoms with E-state index in [4.69, 9.17) is 4.74 Å². The highest BCUT2D eigenvalue weighted by molar-refractivity contribution is 5.92. The van der Waals surface area contributed by atoms with Gasteiger partial charge in [0.1, 0.15) is 5.82 Å². The Hall–Kier alpha value is -2.68. The van der Waals surface area contributed by atoms with E-state index in [0.717, 1.165) is 0 Å². The summed E-state index contributed by atoms with van der Waals surface area (Å²) in [6.45, 7) is 3.25. The van der Waals surface area contributed by atoms with Gasteiger partial charge in [0, 0.05) is 24.8 Å². The van der Waals surface area contributed by atoms with Crippen LogP contribution in [0.1, 0.15) is 19.8 Å². The van der Waals surface area contributed by atoms with Crippen LogP contribution in [0.25, 0.3) is 0 Å². The van der Waals surface area contributed by atoms with E-state index in [2.05, 4.69) is 10.6 Å². The number of nitrogens with zero attached hydrogens (tertiary/aromatic N) is 2. The number of anilines is 1. The lowest BCUT2D eigenvalue weighted by Crippen LogP contribution is -2.49. The lowest BCUT2D eigenvalue weighted by Gasteiger charge is -2.31. The molecule has 8 nitrogen and oxygen atoms in total. The average Bonchev–Trinajstić information content (AvgIpc) is 2.62. The summed E-state index contributed by atoms with van der Waals surface area (Å²) in [6, 6.07) is 5.62. The van der Waals surface area contributed by atoms with Gasteiger partial charge in [0.05, 0.1) is 19.7 Å². The summed E-state index contributed by atoms with van der Waals surface area (Å²) < 4.78 is 18.1. The first-order valence-electron chi connectivity index (χ1n) is 9.32. The van der Waals surface area contributed by atoms with Gasteiger partial charge in [-0.2, -0.15) is 0 Å². The lowest BCUT2D eigenvalue weighted by atomic mass is 10.1. The molecule has 0 unspecified atom stereocenters. The number of hydrogen-bond donors (Lipinski definition) is 2. The largest absolute Gasteiger partial charge is 0.450 e. The maximum absolute atomic E-state index is 13.1. The van der Waals surface area contributed by atoms with Gasteiger partial charge in [0.25, 0.3) is 0 Å². The molecule has 0 aromatic heterocycles. The first kappa shape index (κ1) is 21.6. The van der Waals surface area contributed by atoms with E-state index in [1.807, 2.05) is 0 Å². The Morgan fingerprint density at radius 2 is 1.89 bits per heavy atom. The van der Waals surface area contributed by atoms with E-state index in [0.29, 0.717) is 38.2 Å². The van der Waals surface area contributed by atoms with Crippen LogP contribution in [0.2, 0.25) is 0 Å². The fourth-order valence-electron chi connectivity index (χ4n) is 3.01. The van der Waals surface area contributed by atoms with Crippen molar-refractivity contribution >= 4 is 23.6 Å². The topological polar surface area (TPSA) is 91.0 Å². The van der Waals surface area contributed by atoms with E-state index in [9.17, 15) is 18.8 Å². The molecule has 1 fully saturated rings. The molecule has 9 heteroatoms. The van der Waals surface area contributed by atoms with Crippen molar-refractivity contribution in [3.05, 3.63) is 30.1 Å². The van der Waals surface area contributed by atoms with Gasteiger partial charge in [0.15, 0.2) is 0 Å². The van der Waals surface area contributed by atoms with Crippen LogP contribution in [0, 0.1) is 5.82 Å². The second-order valence-electron chi connectivity index (χ2n) is 6.76. The number of ether oxygens (including phenoxy) is 1. The van der Waals surface area contributed by atoms with Gasteiger partial charge in [-0.05, 0) is 45.0 Å². The Kier molecular flexibility index (Phi) is 8.19. The standard InChI is InChI=1S/C19H27FN4O4/c1-3-28-19(27)24-9-7-15(8-10-24)21-17(25)12-23(2)13-18(26)22-16-6-4-5-14(20)11-16/h4-6,11,15H,3,7-10,12-13H2,1-2H3,(H,21,25)(H,22,26). The Morgan fingerprint density at radius 1 is 1.21 bits per heavy atom. The number of rotatable bonds is 7. The molecule has 0 spiro atoms. The van der Waals surface area contributed by atoms with Gasteiger partial charge < -0.3 is 20.3 Å². The molecule has 0 bridgehead atoms. The molecule has 1 aliphatic rings. The van der Waals surface area contributed by atoms with Crippen LogP contribution < -0.4 is 10.6 Å². The molecule has 2 rings (SSSR count). The van der Waals surface area contributed by atoms with Gasteiger partial charge in [-0.3, -0.25) is 14.5 Å². The van der Waals surface area contributed by atoms with Crippen LogP contribution in [0.15, 0.2) is 24.3 Å². The van der Waals surface area contributed by atoms with E-state index >= 15 is 0 Å². The van der Waals surface area contributed by atoms with Gasteiger partial charge in [-0.25, -0.2) is 9.18 Å². The van der Waals surface area contributed by atoms with Crippen molar-refractivity contribution in [3.63, 3.8) is 0 Å². The summed E-state index contributed by atoms with van der Waals surface area (Å²) >= 11 is 0. The fourth-order valence-corrected chi connectivity index (χ4v) is 3.01. The highest BCUT2D eigenvalue weighted by atomic mass is 19.1. The van der Waals surface area contributed by atoms with Crippen LogP contribution in [0.4, 0.5) is 14.9 Å². The molecule has 1 aliphatic heterocycles. The summed E-state index contributed by atoms with van der Waals surface area (Å²) in [5.41, 5.74) is 0.371. The maximum atomic E-state index is 13.1. The number of carbonyl (C=O) groups is 3. The minimum atomic E-state index is -0.431. The Morgan fingerprint density at radius 3 is 2.54 bits per heavy atom. The van der Waals surface area contributed by atoms with Crippen LogP contribution in [0.3, 0.4) is 0 Å². The molecule has 1 aromatic carbocycles. The highest BCUT2D eigenvalue weighted by Gasteiger charge is 2.24. The van der Waals surface area contributed by atoms with Gasteiger partial charge in [0.2, 0.25) is 11.8 Å². The minimum Gasteiger partial charge on any atom is -0.450 e. The number of nitrogens with one attached hydrogen (secondary N) is 2. The van der Waals surface area contributed by atoms with E-state index in [1.165, 1.54) is 18.2 Å². The first-order valence-corrected chi connectivity index (χ1v) is 9.32. The van der Waals surface area contributed by atoms with Crippen molar-refractivity contribution in [3.8, 4) is 0 Å². The van der Waals surface area contributed by atoms with Crippen molar-refractivity contribution in [2.24, 2.45) is 0 Å². The number of likely N-dealkylation sites (N-methyl/N-ethyl adjacent to an activating group) is 1. The number of piperidine rings is 1.